The molecule has 2 N–H and O–H groups in total. The Kier molecular flexibility index (Phi) is 16.5. The van der Waals surface area contributed by atoms with Gasteiger partial charge in [-0.1, -0.05) is 95.1 Å². The Labute approximate surface area is 373 Å². The standard InChI is InChI=1S/C53H66N4O6/c1-7-11-19-39(58)21-15-17-37-25-27-41-42-28-26-38(18-16-22-40(59)20-12-8-2)32-45(42)47(44(41)31-37)34-63-53(62)57-49-24-14-13-23-43(49)46(52(57)61)33-48-35(5)50(36(6)55-48)51(60)54-29-30-56(9-3)10-4/h13-14,23-28,31-33,47,55H,7-12,15-22,29-30,34H2,1-6H3,(H,54,60)/b46-33-. The number of likely N-dealkylation sites (N-methyl/N-ethyl adjacent to an activating group) is 1. The summed E-state index contributed by atoms with van der Waals surface area (Å²) in [6.45, 7) is 15.2. The van der Waals surface area contributed by atoms with Gasteiger partial charge < -0.3 is 19.9 Å². The van der Waals surface area contributed by atoms with E-state index in [2.05, 4.69) is 79.3 Å². The highest BCUT2D eigenvalue weighted by Crippen LogP contribution is 2.46. The van der Waals surface area contributed by atoms with Crippen molar-refractivity contribution in [3.8, 4) is 11.1 Å². The molecule has 0 spiro atoms. The number of amides is 3. The Hall–Kier alpha value is -5.61. The molecule has 2 aliphatic rings. The van der Waals surface area contributed by atoms with Crippen LogP contribution in [-0.4, -0.2) is 72.1 Å². The summed E-state index contributed by atoms with van der Waals surface area (Å²) in [5.41, 5.74) is 10.5. The molecule has 3 amide bonds. The molecule has 1 aliphatic carbocycles. The second-order valence-electron chi connectivity index (χ2n) is 17.1. The first-order valence-corrected chi connectivity index (χ1v) is 23.3. The third-order valence-corrected chi connectivity index (χ3v) is 12.8. The van der Waals surface area contributed by atoms with Gasteiger partial charge in [-0.25, -0.2) is 9.69 Å². The highest BCUT2D eigenvalue weighted by Gasteiger charge is 2.39. The smallest absolute Gasteiger partial charge is 0.421 e. The maximum atomic E-state index is 14.3. The van der Waals surface area contributed by atoms with Gasteiger partial charge in [-0.2, -0.15) is 0 Å². The lowest BCUT2D eigenvalue weighted by atomic mass is 9.93. The summed E-state index contributed by atoms with van der Waals surface area (Å²) >= 11 is 0. The molecule has 10 nitrogen and oxygen atoms in total. The number of unbranched alkanes of at least 4 members (excludes halogenated alkanes) is 2. The molecule has 6 rings (SSSR count). The van der Waals surface area contributed by atoms with Crippen LogP contribution < -0.4 is 10.2 Å². The van der Waals surface area contributed by atoms with Crippen LogP contribution in [-0.2, 0) is 32.0 Å². The van der Waals surface area contributed by atoms with Gasteiger partial charge in [-0.05, 0) is 117 Å². The molecule has 0 saturated heterocycles. The lowest BCUT2D eigenvalue weighted by molar-refractivity contribution is -0.120. The van der Waals surface area contributed by atoms with E-state index in [1.807, 2.05) is 26.0 Å². The largest absolute Gasteiger partial charge is 0.448 e. The lowest BCUT2D eigenvalue weighted by Crippen LogP contribution is -2.35. The Balaban J connectivity index is 1.22. The maximum Gasteiger partial charge on any atom is 0.421 e. The van der Waals surface area contributed by atoms with Gasteiger partial charge in [0.2, 0.25) is 0 Å². The van der Waals surface area contributed by atoms with Crippen LogP contribution in [0.1, 0.15) is 153 Å². The van der Waals surface area contributed by atoms with Crippen LogP contribution in [0.15, 0.2) is 60.7 Å². The van der Waals surface area contributed by atoms with Crippen LogP contribution in [0.5, 0.6) is 0 Å². The molecule has 0 atom stereocenters. The SMILES string of the molecule is CCCCC(=O)CCCc1ccc2c(c1)C(COC(=O)N1C(=O)/C(=C\c3[nH]c(C)c(C(=O)NCCN(CC)CC)c3C)c3ccccc31)c1cc(CCCC(=O)CCCC)ccc1-2. The fraction of sp³-hybridized carbons (Fsp3) is 0.453. The number of anilines is 1. The first-order valence-electron chi connectivity index (χ1n) is 23.3. The predicted molar refractivity (Wildman–Crippen MR) is 252 cm³/mol. The third-order valence-electron chi connectivity index (χ3n) is 12.8. The summed E-state index contributed by atoms with van der Waals surface area (Å²) in [5.74, 6) is -0.348. The maximum absolute atomic E-state index is 14.3. The van der Waals surface area contributed by atoms with Crippen molar-refractivity contribution in [2.75, 3.05) is 37.7 Å². The van der Waals surface area contributed by atoms with Gasteiger partial charge in [0.05, 0.1) is 16.8 Å². The zero-order valence-electron chi connectivity index (χ0n) is 38.3. The monoisotopic (exact) mass is 854 g/mol. The zero-order chi connectivity index (χ0) is 45.0. The average Bonchev–Trinajstić information content (AvgIpc) is 3.86. The molecule has 1 aromatic heterocycles. The number of ether oxygens (including phenoxy) is 1. The number of nitrogens with zero attached hydrogens (tertiary/aromatic N) is 2. The normalized spacial score (nSPS) is 13.7. The van der Waals surface area contributed by atoms with Gasteiger partial charge >= 0.3 is 6.09 Å². The Morgan fingerprint density at radius 1 is 0.762 bits per heavy atom. The number of carbonyl (C=O) groups excluding carboxylic acids is 5. The molecular formula is C53H66N4O6. The molecule has 10 heteroatoms. The average molecular weight is 855 g/mol. The van der Waals surface area contributed by atoms with Crippen molar-refractivity contribution in [3.63, 3.8) is 0 Å². The number of imide groups is 1. The number of para-hydroxylation sites is 1. The van der Waals surface area contributed by atoms with Crippen LogP contribution in [0.3, 0.4) is 0 Å². The van der Waals surface area contributed by atoms with Crippen molar-refractivity contribution in [1.29, 1.82) is 0 Å². The van der Waals surface area contributed by atoms with Crippen molar-refractivity contribution in [3.05, 3.63) is 111 Å². The summed E-state index contributed by atoms with van der Waals surface area (Å²) in [6, 6.07) is 20.1. The summed E-state index contributed by atoms with van der Waals surface area (Å²) in [7, 11) is 0. The number of fused-ring (bicyclic) bond motifs is 4. The van der Waals surface area contributed by atoms with Gasteiger partial charge in [-0.3, -0.25) is 19.2 Å². The van der Waals surface area contributed by atoms with Crippen molar-refractivity contribution < 1.29 is 28.7 Å². The Morgan fingerprint density at radius 3 is 1.90 bits per heavy atom. The number of rotatable bonds is 23. The van der Waals surface area contributed by atoms with E-state index in [-0.39, 0.29) is 18.4 Å². The number of ketones is 2. The van der Waals surface area contributed by atoms with Gasteiger partial charge in [0.25, 0.3) is 11.8 Å². The molecule has 0 radical (unpaired) electrons. The number of nitrogens with one attached hydrogen (secondary N) is 2. The summed E-state index contributed by atoms with van der Waals surface area (Å²) < 4.78 is 6.16. The number of hydrogen-bond acceptors (Lipinski definition) is 7. The molecule has 3 aromatic carbocycles. The fourth-order valence-corrected chi connectivity index (χ4v) is 9.07. The fourth-order valence-electron chi connectivity index (χ4n) is 9.07. The molecule has 2 heterocycles. The van der Waals surface area contributed by atoms with E-state index in [4.69, 9.17) is 4.74 Å². The van der Waals surface area contributed by atoms with E-state index in [0.29, 0.717) is 77.6 Å². The van der Waals surface area contributed by atoms with Crippen molar-refractivity contribution >= 4 is 46.8 Å². The quantitative estimate of drug-likeness (QED) is 0.0711. The summed E-state index contributed by atoms with van der Waals surface area (Å²) in [4.78, 5) is 73.4. The van der Waals surface area contributed by atoms with E-state index >= 15 is 0 Å². The second-order valence-corrected chi connectivity index (χ2v) is 17.1. The van der Waals surface area contributed by atoms with Crippen LogP contribution in [0, 0.1) is 13.8 Å². The zero-order valence-corrected chi connectivity index (χ0v) is 38.3. The number of aryl methyl sites for hydroxylation is 3. The minimum Gasteiger partial charge on any atom is -0.448 e. The first-order chi connectivity index (χ1) is 30.5. The minimum atomic E-state index is -0.762. The Bertz CT molecular complexity index is 2260. The highest BCUT2D eigenvalue weighted by atomic mass is 16.6. The topological polar surface area (TPSA) is 129 Å². The number of Topliss-reactive ketones (excluding diaryl/α,β-unsaturated/α-hetero) is 2. The number of aromatic amines is 1. The van der Waals surface area contributed by atoms with Crippen LogP contribution in [0.2, 0.25) is 0 Å². The van der Waals surface area contributed by atoms with E-state index < -0.39 is 12.0 Å². The molecule has 63 heavy (non-hydrogen) atoms. The number of H-pyrrole nitrogens is 1. The molecule has 334 valence electrons. The number of carbonyl (C=O) groups is 5. The van der Waals surface area contributed by atoms with Crippen molar-refractivity contribution in [1.82, 2.24) is 15.2 Å². The molecule has 0 bridgehead atoms. The number of hydrogen-bond donors (Lipinski definition) is 2. The highest BCUT2D eigenvalue weighted by molar-refractivity contribution is 6.41. The van der Waals surface area contributed by atoms with Crippen LogP contribution in [0.4, 0.5) is 10.5 Å². The lowest BCUT2D eigenvalue weighted by Gasteiger charge is -2.19. The van der Waals surface area contributed by atoms with Gasteiger partial charge in [0, 0.05) is 61.6 Å². The van der Waals surface area contributed by atoms with Crippen LogP contribution in [0.25, 0.3) is 22.8 Å². The molecule has 1 aliphatic heterocycles. The van der Waals surface area contributed by atoms with E-state index in [0.717, 1.165) is 115 Å². The van der Waals surface area contributed by atoms with Crippen molar-refractivity contribution in [2.24, 2.45) is 0 Å². The Morgan fingerprint density at radius 2 is 1.33 bits per heavy atom. The van der Waals surface area contributed by atoms with Crippen molar-refractivity contribution in [2.45, 2.75) is 125 Å². The van der Waals surface area contributed by atoms with E-state index in [1.165, 1.54) is 0 Å². The van der Waals surface area contributed by atoms with Gasteiger partial charge in [0.1, 0.15) is 18.2 Å². The number of aromatic nitrogens is 1. The molecular weight excluding hydrogens is 789 g/mol. The predicted octanol–water partition coefficient (Wildman–Crippen LogP) is 10.7. The van der Waals surface area contributed by atoms with E-state index in [1.54, 1.807) is 18.2 Å². The minimum absolute atomic E-state index is 0.0173. The summed E-state index contributed by atoms with van der Waals surface area (Å²) in [5, 5.41) is 3.04. The molecule has 0 saturated carbocycles. The third kappa shape index (κ3) is 11.1. The summed E-state index contributed by atoms with van der Waals surface area (Å²) in [6.07, 6.45) is 10.3. The molecule has 0 unspecified atom stereocenters. The van der Waals surface area contributed by atoms with E-state index in [9.17, 15) is 24.0 Å². The van der Waals surface area contributed by atoms with Gasteiger partial charge in [-0.15, -0.1) is 0 Å². The first kappa shape index (κ1) is 46.9. The molecule has 0 fully saturated rings. The van der Waals surface area contributed by atoms with Gasteiger partial charge in [0.15, 0.2) is 0 Å². The van der Waals surface area contributed by atoms with Crippen LogP contribution >= 0.6 is 0 Å². The number of benzene rings is 3. The molecule has 4 aromatic rings. The second kappa shape index (κ2) is 22.1.